The molecule has 224 valence electrons. The molecule has 0 spiro atoms. The van der Waals surface area contributed by atoms with E-state index in [1.165, 1.54) is 30.3 Å². The summed E-state index contributed by atoms with van der Waals surface area (Å²) in [4.78, 5) is 20.6. The minimum atomic E-state index is 0.652. The van der Waals surface area contributed by atoms with Crippen molar-refractivity contribution in [2.75, 3.05) is 0 Å². The van der Waals surface area contributed by atoms with Gasteiger partial charge in [0.05, 0.1) is 10.2 Å². The normalized spacial score (nSPS) is 11.8. The molecule has 0 saturated heterocycles. The third-order valence-corrected chi connectivity index (χ3v) is 11.1. The van der Waals surface area contributed by atoms with E-state index in [0.717, 1.165) is 48.9 Å². The van der Waals surface area contributed by atoms with Crippen LogP contribution >= 0.6 is 22.7 Å². The highest BCUT2D eigenvalue weighted by Crippen LogP contribution is 2.43. The van der Waals surface area contributed by atoms with Crippen molar-refractivity contribution < 1.29 is 0 Å². The van der Waals surface area contributed by atoms with E-state index >= 15 is 0 Å². The van der Waals surface area contributed by atoms with Gasteiger partial charge in [-0.05, 0) is 45.8 Å². The highest BCUT2D eigenvalue weighted by molar-refractivity contribution is 7.26. The highest BCUT2D eigenvalue weighted by Gasteiger charge is 2.19. The first-order valence-corrected chi connectivity index (χ1v) is 17.4. The Morgan fingerprint density at radius 2 is 1.04 bits per heavy atom. The summed E-state index contributed by atoms with van der Waals surface area (Å²) in [6.07, 6.45) is 0. The molecule has 0 fully saturated rings. The van der Waals surface area contributed by atoms with E-state index in [2.05, 4.69) is 121 Å². The van der Waals surface area contributed by atoms with Gasteiger partial charge in [0.25, 0.3) is 0 Å². The van der Waals surface area contributed by atoms with E-state index in [1.807, 2.05) is 24.3 Å². The van der Waals surface area contributed by atoms with Gasteiger partial charge in [-0.2, -0.15) is 0 Å². The molecule has 0 amide bonds. The number of thiazole rings is 1. The maximum Gasteiger partial charge on any atom is 0.164 e. The van der Waals surface area contributed by atoms with Crippen molar-refractivity contribution in [3.63, 3.8) is 0 Å². The zero-order valence-electron chi connectivity index (χ0n) is 25.5. The zero-order chi connectivity index (χ0) is 31.6. The van der Waals surface area contributed by atoms with E-state index in [4.69, 9.17) is 19.9 Å². The topological polar surface area (TPSA) is 51.6 Å². The molecule has 0 unspecified atom stereocenters. The Morgan fingerprint density at radius 1 is 0.375 bits per heavy atom. The van der Waals surface area contributed by atoms with E-state index in [0.29, 0.717) is 17.5 Å². The predicted molar refractivity (Wildman–Crippen MR) is 203 cm³/mol. The van der Waals surface area contributed by atoms with Crippen molar-refractivity contribution in [2.45, 2.75) is 0 Å². The van der Waals surface area contributed by atoms with Crippen LogP contribution in [0.4, 0.5) is 0 Å². The van der Waals surface area contributed by atoms with Gasteiger partial charge in [-0.3, -0.25) is 0 Å². The fourth-order valence-electron chi connectivity index (χ4n) is 6.71. The lowest BCUT2D eigenvalue weighted by molar-refractivity contribution is 1.08. The molecule has 0 bridgehead atoms. The van der Waals surface area contributed by atoms with Crippen molar-refractivity contribution in [3.05, 3.63) is 146 Å². The number of benzene rings is 7. The molecule has 10 aromatic rings. The molecule has 6 heteroatoms. The SMILES string of the molecule is c1ccc(-c2nc(-c3cc4ccccc4c4ccccc34)nc(-c3cccc4sc5cc6sc(-c7ccccc7)nc6cc5c34)n2)cc1. The average Bonchev–Trinajstić information content (AvgIpc) is 3.74. The summed E-state index contributed by atoms with van der Waals surface area (Å²) in [5, 5.41) is 8.02. The van der Waals surface area contributed by atoms with Crippen LogP contribution in [-0.2, 0) is 0 Å². The Morgan fingerprint density at radius 3 is 1.85 bits per heavy atom. The molecule has 48 heavy (non-hydrogen) atoms. The number of hydrogen-bond donors (Lipinski definition) is 0. The first-order valence-electron chi connectivity index (χ1n) is 15.8. The summed E-state index contributed by atoms with van der Waals surface area (Å²) < 4.78 is 3.61. The highest BCUT2D eigenvalue weighted by atomic mass is 32.1. The van der Waals surface area contributed by atoms with Crippen LogP contribution < -0.4 is 0 Å². The number of aromatic nitrogens is 4. The van der Waals surface area contributed by atoms with Gasteiger partial charge in [-0.15, -0.1) is 22.7 Å². The Balaban J connectivity index is 1.23. The van der Waals surface area contributed by atoms with E-state index in [1.54, 1.807) is 22.7 Å². The zero-order valence-corrected chi connectivity index (χ0v) is 27.1. The number of rotatable bonds is 4. The summed E-state index contributed by atoms with van der Waals surface area (Å²) in [7, 11) is 0. The fourth-order valence-corrected chi connectivity index (χ4v) is 8.93. The minimum Gasteiger partial charge on any atom is -0.236 e. The Hall–Kier alpha value is -5.82. The van der Waals surface area contributed by atoms with Gasteiger partial charge < -0.3 is 0 Å². The van der Waals surface area contributed by atoms with Gasteiger partial charge in [0.15, 0.2) is 17.5 Å². The van der Waals surface area contributed by atoms with E-state index < -0.39 is 0 Å². The van der Waals surface area contributed by atoms with Gasteiger partial charge >= 0.3 is 0 Å². The molecule has 10 rings (SSSR count). The molecule has 0 saturated carbocycles. The van der Waals surface area contributed by atoms with Crippen LogP contribution in [0.2, 0.25) is 0 Å². The van der Waals surface area contributed by atoms with Gasteiger partial charge in [0, 0.05) is 42.4 Å². The van der Waals surface area contributed by atoms with Crippen LogP contribution in [0.15, 0.2) is 146 Å². The molecule has 0 aliphatic heterocycles. The van der Waals surface area contributed by atoms with Crippen LogP contribution in [0, 0.1) is 0 Å². The van der Waals surface area contributed by atoms with E-state index in [9.17, 15) is 0 Å². The van der Waals surface area contributed by atoms with Crippen LogP contribution in [0.25, 0.3) is 96.7 Å². The van der Waals surface area contributed by atoms with Gasteiger partial charge in [-0.1, -0.05) is 121 Å². The lowest BCUT2D eigenvalue weighted by Gasteiger charge is -2.13. The quantitative estimate of drug-likeness (QED) is 0.178. The minimum absolute atomic E-state index is 0.652. The molecular weight excluding hydrogens is 625 g/mol. The Kier molecular flexibility index (Phi) is 6.19. The van der Waals surface area contributed by atoms with Crippen LogP contribution in [0.3, 0.4) is 0 Å². The van der Waals surface area contributed by atoms with Gasteiger partial charge in [0.2, 0.25) is 0 Å². The maximum atomic E-state index is 5.27. The monoisotopic (exact) mass is 648 g/mol. The molecule has 0 N–H and O–H groups in total. The summed E-state index contributed by atoms with van der Waals surface area (Å²) in [6, 6.07) is 50.8. The summed E-state index contributed by atoms with van der Waals surface area (Å²) in [5.41, 5.74) is 5.07. The number of nitrogens with zero attached hydrogens (tertiary/aromatic N) is 4. The second-order valence-corrected chi connectivity index (χ2v) is 14.0. The smallest absolute Gasteiger partial charge is 0.164 e. The van der Waals surface area contributed by atoms with E-state index in [-0.39, 0.29) is 0 Å². The average molecular weight is 649 g/mol. The molecule has 7 aromatic carbocycles. The second-order valence-electron chi connectivity index (χ2n) is 11.8. The Bertz CT molecular complexity index is 2840. The molecular formula is C42H24N4S2. The molecule has 3 heterocycles. The van der Waals surface area contributed by atoms with Crippen LogP contribution in [-0.4, -0.2) is 19.9 Å². The summed E-state index contributed by atoms with van der Waals surface area (Å²) in [6.45, 7) is 0. The number of hydrogen-bond acceptors (Lipinski definition) is 6. The first-order chi connectivity index (χ1) is 23.8. The van der Waals surface area contributed by atoms with Crippen LogP contribution in [0.5, 0.6) is 0 Å². The number of thiophene rings is 1. The lowest BCUT2D eigenvalue weighted by Crippen LogP contribution is -2.01. The number of fused-ring (bicyclic) bond motifs is 7. The van der Waals surface area contributed by atoms with Crippen LogP contribution in [0.1, 0.15) is 0 Å². The lowest BCUT2D eigenvalue weighted by atomic mass is 9.96. The largest absolute Gasteiger partial charge is 0.236 e. The molecule has 0 radical (unpaired) electrons. The Labute approximate surface area is 283 Å². The molecule has 0 atom stereocenters. The van der Waals surface area contributed by atoms with Gasteiger partial charge in [-0.25, -0.2) is 19.9 Å². The van der Waals surface area contributed by atoms with Crippen molar-refractivity contribution in [1.29, 1.82) is 0 Å². The predicted octanol–water partition coefficient (Wildman–Crippen LogP) is 11.8. The third-order valence-electron chi connectivity index (χ3n) is 8.94. The van der Waals surface area contributed by atoms with Crippen molar-refractivity contribution in [2.24, 2.45) is 0 Å². The summed E-state index contributed by atoms with van der Waals surface area (Å²) in [5.74, 6) is 1.97. The van der Waals surface area contributed by atoms with Gasteiger partial charge in [0.1, 0.15) is 5.01 Å². The summed E-state index contributed by atoms with van der Waals surface area (Å²) >= 11 is 3.54. The molecule has 3 aromatic heterocycles. The third kappa shape index (κ3) is 4.42. The maximum absolute atomic E-state index is 5.27. The fraction of sp³-hybridized carbons (Fsp3) is 0. The standard InChI is InChI=1S/C42H24N4S2/c1-3-12-25(13-4-1)39-44-40(46-41(45-39)32-22-27-16-7-8-17-28(27)29-18-9-10-19-30(29)32)31-20-11-21-35-38(31)33-23-34-37(24-36(33)47-35)48-42(43-34)26-14-5-2-6-15-26/h1-24H. The van der Waals surface area contributed by atoms with Crippen molar-refractivity contribution in [1.82, 2.24) is 19.9 Å². The second kappa shape index (κ2) is 10.9. The molecule has 0 aliphatic carbocycles. The molecule has 4 nitrogen and oxygen atoms in total. The molecule has 0 aliphatic rings. The van der Waals surface area contributed by atoms with Crippen molar-refractivity contribution in [3.8, 4) is 44.7 Å². The first kappa shape index (κ1) is 27.3. The van der Waals surface area contributed by atoms with Crippen molar-refractivity contribution >= 4 is 74.6 Å².